The molecule has 1 aliphatic carbocycles. The number of nitrogens with zero attached hydrogens (tertiary/aromatic N) is 2. The maximum absolute atomic E-state index is 14.5. The fraction of sp³-hybridized carbons (Fsp3) is 0.538. The Morgan fingerprint density at radius 2 is 1.87 bits per heavy atom. The molecule has 1 saturated heterocycles. The Hall–Kier alpha value is -4.94. The van der Waals surface area contributed by atoms with Crippen LogP contribution in [0.25, 0.3) is 10.9 Å². The number of alkyl carbamates (subject to hydrolysis) is 1. The second kappa shape index (κ2) is 17.1. The van der Waals surface area contributed by atoms with Gasteiger partial charge < -0.3 is 34.5 Å². The molecule has 2 N–H and O–H groups in total. The number of likely N-dealkylation sites (tertiary alicyclic amines) is 1. The van der Waals surface area contributed by atoms with Crippen molar-refractivity contribution in [1.82, 2.24) is 20.5 Å². The molecule has 3 amide bonds. The van der Waals surface area contributed by atoms with Crippen LogP contribution in [-0.4, -0.2) is 89.1 Å². The second-order valence-electron chi connectivity index (χ2n) is 14.3. The molecule has 1 aromatic carbocycles. The van der Waals surface area contributed by atoms with Crippen LogP contribution in [0.2, 0.25) is 0 Å². The van der Waals surface area contributed by atoms with Crippen molar-refractivity contribution in [2.45, 2.75) is 109 Å². The molecule has 13 heteroatoms. The second-order valence-corrected chi connectivity index (χ2v) is 14.3. The van der Waals surface area contributed by atoms with Crippen LogP contribution < -0.4 is 20.1 Å². The van der Waals surface area contributed by atoms with Crippen LogP contribution >= 0.6 is 0 Å². The molecular weight excluding hydrogens is 668 g/mol. The summed E-state index contributed by atoms with van der Waals surface area (Å²) in [4.78, 5) is 73.0. The Morgan fingerprint density at radius 3 is 2.48 bits per heavy atom. The number of carbonyl (C=O) groups excluding carboxylic acids is 5. The zero-order valence-corrected chi connectivity index (χ0v) is 31.1. The molecule has 5 atom stereocenters. The Morgan fingerprint density at radius 1 is 1.12 bits per heavy atom. The van der Waals surface area contributed by atoms with Crippen LogP contribution in [0, 0.1) is 5.92 Å². The van der Waals surface area contributed by atoms with E-state index in [0.717, 1.165) is 19.3 Å². The fourth-order valence-electron chi connectivity index (χ4n) is 6.42. The largest absolute Gasteiger partial charge is 0.497 e. The maximum atomic E-state index is 14.5. The summed E-state index contributed by atoms with van der Waals surface area (Å²) in [6.07, 6.45) is 5.75. The zero-order valence-electron chi connectivity index (χ0n) is 31.1. The molecule has 52 heavy (non-hydrogen) atoms. The monoisotopic (exact) mass is 720 g/mol. The van der Waals surface area contributed by atoms with Gasteiger partial charge in [-0.3, -0.25) is 14.4 Å². The molecule has 1 aliphatic heterocycles. The number of nitrogens with one attached hydrogen (secondary N) is 2. The quantitative estimate of drug-likeness (QED) is 0.0931. The van der Waals surface area contributed by atoms with E-state index >= 15 is 0 Å². The molecular formula is C39H52N4O9. The predicted octanol–water partition coefficient (Wildman–Crippen LogP) is 5.45. The highest BCUT2D eigenvalue weighted by molar-refractivity contribution is 5.98. The minimum atomic E-state index is -1.29. The van der Waals surface area contributed by atoms with Gasteiger partial charge in [-0.1, -0.05) is 25.0 Å². The molecule has 2 aromatic rings. The van der Waals surface area contributed by atoms with Crippen LogP contribution in [0.5, 0.6) is 11.5 Å². The van der Waals surface area contributed by atoms with E-state index < -0.39 is 53.2 Å². The Labute approximate surface area is 305 Å². The summed E-state index contributed by atoms with van der Waals surface area (Å²) in [5, 5.41) is 6.23. The van der Waals surface area contributed by atoms with Crippen molar-refractivity contribution in [1.29, 1.82) is 0 Å². The van der Waals surface area contributed by atoms with Gasteiger partial charge >= 0.3 is 12.1 Å². The van der Waals surface area contributed by atoms with Crippen molar-refractivity contribution in [2.75, 3.05) is 20.3 Å². The van der Waals surface area contributed by atoms with Gasteiger partial charge in [0.1, 0.15) is 46.5 Å². The van der Waals surface area contributed by atoms with E-state index in [1.165, 1.54) is 18.9 Å². The normalized spacial score (nSPS) is 21.4. The zero-order chi connectivity index (χ0) is 38.2. The first-order valence-corrected chi connectivity index (χ1v) is 17.8. The molecule has 0 spiro atoms. The number of pyridine rings is 1. The number of amides is 3. The molecule has 1 saturated carbocycles. The Kier molecular flexibility index (Phi) is 13.1. The number of benzene rings is 1. The van der Waals surface area contributed by atoms with Crippen molar-refractivity contribution >= 4 is 40.6 Å². The number of fused-ring (bicyclic) bond motifs is 1. The van der Waals surface area contributed by atoms with E-state index in [1.807, 2.05) is 6.08 Å². The van der Waals surface area contributed by atoms with E-state index in [2.05, 4.69) is 28.8 Å². The topological polar surface area (TPSA) is 162 Å². The number of rotatable bonds is 17. The van der Waals surface area contributed by atoms with Crippen LogP contribution in [0.1, 0.15) is 90.1 Å². The third kappa shape index (κ3) is 9.68. The first-order valence-electron chi connectivity index (χ1n) is 17.8. The number of aromatic nitrogens is 1. The summed E-state index contributed by atoms with van der Waals surface area (Å²) in [5.74, 6) is -1.35. The number of methoxy groups -OCH3 is 1. The fourth-order valence-corrected chi connectivity index (χ4v) is 6.42. The average molecular weight is 721 g/mol. The highest BCUT2D eigenvalue weighted by Crippen LogP contribution is 2.46. The lowest BCUT2D eigenvalue weighted by Gasteiger charge is -2.30. The highest BCUT2D eigenvalue weighted by Gasteiger charge is 2.62. The predicted molar refractivity (Wildman–Crippen MR) is 195 cm³/mol. The number of carbonyl (C=O) groups is 5. The molecule has 282 valence electrons. The van der Waals surface area contributed by atoms with Gasteiger partial charge in [-0.2, -0.15) is 0 Å². The lowest BCUT2D eigenvalue weighted by atomic mass is 10.0. The molecule has 0 bridgehead atoms. The van der Waals surface area contributed by atoms with Crippen LogP contribution in [0.4, 0.5) is 4.79 Å². The van der Waals surface area contributed by atoms with E-state index in [4.69, 9.17) is 18.9 Å². The number of ketones is 1. The Balaban J connectivity index is 1.68. The van der Waals surface area contributed by atoms with Crippen molar-refractivity contribution in [3.05, 3.63) is 55.3 Å². The van der Waals surface area contributed by atoms with Gasteiger partial charge in [0, 0.05) is 36.8 Å². The van der Waals surface area contributed by atoms with Gasteiger partial charge in [-0.05, 0) is 65.5 Å². The summed E-state index contributed by atoms with van der Waals surface area (Å²) >= 11 is 0. The van der Waals surface area contributed by atoms with Crippen LogP contribution in [0.3, 0.4) is 0 Å². The average Bonchev–Trinajstić information content (AvgIpc) is 3.65. The SMILES string of the molecule is C=CCCCCC[C@H](NC(=O)OC(C)(C)C)C(=O)N1C[C@H](Oc2cc(C(C)=O)nc3cc(OC)ccc23)C[C@H]1C(=O)N[C@]1(C(=O)OCC)CC1C=C. The van der Waals surface area contributed by atoms with Crippen molar-refractivity contribution in [3.8, 4) is 11.5 Å². The van der Waals surface area contributed by atoms with Crippen molar-refractivity contribution in [2.24, 2.45) is 5.92 Å². The van der Waals surface area contributed by atoms with Gasteiger partial charge in [0.15, 0.2) is 5.78 Å². The third-order valence-electron chi connectivity index (χ3n) is 9.16. The summed E-state index contributed by atoms with van der Waals surface area (Å²) in [7, 11) is 1.53. The molecule has 1 unspecified atom stereocenters. The van der Waals surface area contributed by atoms with E-state index in [0.29, 0.717) is 41.7 Å². The van der Waals surface area contributed by atoms with Crippen molar-refractivity contribution in [3.63, 3.8) is 0 Å². The van der Waals surface area contributed by atoms with E-state index in [9.17, 15) is 24.0 Å². The molecule has 13 nitrogen and oxygen atoms in total. The first kappa shape index (κ1) is 39.8. The van der Waals surface area contributed by atoms with Gasteiger partial charge in [-0.25, -0.2) is 14.6 Å². The lowest BCUT2D eigenvalue weighted by Crippen LogP contribution is -2.56. The lowest BCUT2D eigenvalue weighted by molar-refractivity contribution is -0.150. The number of ether oxygens (including phenoxy) is 4. The highest BCUT2D eigenvalue weighted by atomic mass is 16.6. The molecule has 2 heterocycles. The standard InChI is InChI=1S/C39H52N4O9/c1-9-12-13-14-15-16-29(41-37(48)52-38(5,6)7)35(46)43-23-27(20-32(43)34(45)42-39(22-25(39)10-2)36(47)50-11-3)51-33-21-30(24(4)44)40-31-19-26(49-8)17-18-28(31)33/h9-10,17-19,21,25,27,29,32H,1-2,11-16,20,22-23H2,3-8H3,(H,41,48)(H,42,45)/t25?,27-,29+,32+,39-/m1/s1. The van der Waals surface area contributed by atoms with Gasteiger partial charge in [0.25, 0.3) is 0 Å². The number of esters is 1. The van der Waals surface area contributed by atoms with E-state index in [1.54, 1.807) is 58.0 Å². The third-order valence-corrected chi connectivity index (χ3v) is 9.16. The first-order chi connectivity index (χ1) is 24.7. The number of allylic oxidation sites excluding steroid dienone is 1. The minimum Gasteiger partial charge on any atom is -0.497 e. The molecule has 0 radical (unpaired) electrons. The summed E-state index contributed by atoms with van der Waals surface area (Å²) in [5.41, 5.74) is -1.45. The number of hydrogen-bond acceptors (Lipinski definition) is 10. The van der Waals surface area contributed by atoms with Gasteiger partial charge in [0.05, 0.1) is 25.8 Å². The smallest absolute Gasteiger partial charge is 0.408 e. The number of hydrogen-bond donors (Lipinski definition) is 2. The Bertz CT molecular complexity index is 1690. The van der Waals surface area contributed by atoms with Gasteiger partial charge in [0.2, 0.25) is 11.8 Å². The molecule has 1 aromatic heterocycles. The number of unbranched alkanes of at least 4 members (excludes halogenated alkanes) is 3. The summed E-state index contributed by atoms with van der Waals surface area (Å²) in [6.45, 7) is 15.9. The maximum Gasteiger partial charge on any atom is 0.408 e. The number of Topliss-reactive ketones (excluding diaryl/α,β-unsaturated/α-hetero) is 1. The van der Waals surface area contributed by atoms with Crippen molar-refractivity contribution < 1.29 is 42.9 Å². The molecule has 2 fully saturated rings. The molecule has 2 aliphatic rings. The minimum absolute atomic E-state index is 0.0213. The van der Waals surface area contributed by atoms with Crippen LogP contribution in [-0.2, 0) is 23.9 Å². The molecule has 4 rings (SSSR count). The van der Waals surface area contributed by atoms with Crippen LogP contribution in [0.15, 0.2) is 49.6 Å². The van der Waals surface area contributed by atoms with E-state index in [-0.39, 0.29) is 37.0 Å². The summed E-state index contributed by atoms with van der Waals surface area (Å²) < 4.78 is 22.7. The summed E-state index contributed by atoms with van der Waals surface area (Å²) in [6, 6.07) is 4.67. The van der Waals surface area contributed by atoms with Gasteiger partial charge in [-0.15, -0.1) is 13.2 Å².